The standard InChI is InChI=1S/C11H10F4O2/c1-3-8(16)5(2)17-11-9(14)6(12)4-7(13)10(11)15/h4-5H,3H2,1-2H3. The van der Waals surface area contributed by atoms with E-state index in [1.165, 1.54) is 13.8 Å². The first-order valence-electron chi connectivity index (χ1n) is 4.90. The summed E-state index contributed by atoms with van der Waals surface area (Å²) in [6.07, 6.45) is -1.09. The lowest BCUT2D eigenvalue weighted by Gasteiger charge is -2.14. The van der Waals surface area contributed by atoms with Crippen molar-refractivity contribution < 1.29 is 27.1 Å². The molecule has 0 bridgehead atoms. The SMILES string of the molecule is CCC(=O)C(C)Oc1c(F)c(F)cc(F)c1F. The van der Waals surface area contributed by atoms with Crippen molar-refractivity contribution in [2.75, 3.05) is 0 Å². The zero-order valence-corrected chi connectivity index (χ0v) is 9.19. The average Bonchev–Trinajstić information content (AvgIpc) is 2.30. The Balaban J connectivity index is 3.10. The lowest BCUT2D eigenvalue weighted by molar-refractivity contribution is -0.124. The Bertz CT molecular complexity index is 419. The molecule has 0 amide bonds. The molecule has 1 aromatic rings. The third kappa shape index (κ3) is 2.75. The highest BCUT2D eigenvalue weighted by Crippen LogP contribution is 2.27. The van der Waals surface area contributed by atoms with Crippen LogP contribution in [0.5, 0.6) is 5.75 Å². The van der Waals surface area contributed by atoms with E-state index in [1.54, 1.807) is 0 Å². The molecule has 0 radical (unpaired) electrons. The summed E-state index contributed by atoms with van der Waals surface area (Å²) in [5.41, 5.74) is 0. The third-order valence-corrected chi connectivity index (χ3v) is 2.17. The Morgan fingerprint density at radius 1 is 1.24 bits per heavy atom. The maximum Gasteiger partial charge on any atom is 0.203 e. The van der Waals surface area contributed by atoms with Gasteiger partial charge in [-0.3, -0.25) is 4.79 Å². The van der Waals surface area contributed by atoms with Crippen molar-refractivity contribution >= 4 is 5.78 Å². The molecule has 0 saturated heterocycles. The van der Waals surface area contributed by atoms with Crippen molar-refractivity contribution in [1.82, 2.24) is 0 Å². The van der Waals surface area contributed by atoms with Gasteiger partial charge in [0.1, 0.15) is 0 Å². The fraction of sp³-hybridized carbons (Fsp3) is 0.364. The lowest BCUT2D eigenvalue weighted by Crippen LogP contribution is -2.24. The highest BCUT2D eigenvalue weighted by atomic mass is 19.2. The molecule has 0 saturated carbocycles. The monoisotopic (exact) mass is 250 g/mol. The second kappa shape index (κ2) is 5.16. The van der Waals surface area contributed by atoms with Crippen molar-refractivity contribution in [3.05, 3.63) is 29.3 Å². The largest absolute Gasteiger partial charge is 0.477 e. The predicted molar refractivity (Wildman–Crippen MR) is 51.7 cm³/mol. The zero-order chi connectivity index (χ0) is 13.2. The van der Waals surface area contributed by atoms with Crippen LogP contribution in [-0.4, -0.2) is 11.9 Å². The molecule has 0 aliphatic rings. The van der Waals surface area contributed by atoms with E-state index >= 15 is 0 Å². The lowest BCUT2D eigenvalue weighted by atomic mass is 10.2. The molecule has 1 unspecified atom stereocenters. The van der Waals surface area contributed by atoms with Crippen LogP contribution >= 0.6 is 0 Å². The summed E-state index contributed by atoms with van der Waals surface area (Å²) in [5.74, 6) is -8.10. The van der Waals surface area contributed by atoms with Crippen molar-refractivity contribution in [2.24, 2.45) is 0 Å². The number of carbonyl (C=O) groups is 1. The Morgan fingerprint density at radius 2 is 1.71 bits per heavy atom. The molecule has 0 fully saturated rings. The van der Waals surface area contributed by atoms with Crippen molar-refractivity contribution in [2.45, 2.75) is 26.4 Å². The minimum Gasteiger partial charge on any atom is -0.477 e. The summed E-state index contributed by atoms with van der Waals surface area (Å²) in [6.45, 7) is 2.77. The van der Waals surface area contributed by atoms with Gasteiger partial charge in [-0.25, -0.2) is 8.78 Å². The summed E-state index contributed by atoms with van der Waals surface area (Å²) >= 11 is 0. The Morgan fingerprint density at radius 3 is 2.12 bits per heavy atom. The van der Waals surface area contributed by atoms with Gasteiger partial charge in [0.2, 0.25) is 11.6 Å². The maximum absolute atomic E-state index is 13.2. The van der Waals surface area contributed by atoms with Gasteiger partial charge in [-0.2, -0.15) is 8.78 Å². The number of halogens is 4. The number of Topliss-reactive ketones (excluding diaryl/α,β-unsaturated/α-hetero) is 1. The predicted octanol–water partition coefficient (Wildman–Crippen LogP) is 2.99. The van der Waals surface area contributed by atoms with Crippen LogP contribution in [0, 0.1) is 23.3 Å². The first-order chi connectivity index (χ1) is 7.88. The van der Waals surface area contributed by atoms with Crippen LogP contribution in [0.3, 0.4) is 0 Å². The Labute approximate surface area is 95.2 Å². The maximum atomic E-state index is 13.2. The molecule has 94 valence electrons. The van der Waals surface area contributed by atoms with Gasteiger partial charge < -0.3 is 4.74 Å². The fourth-order valence-corrected chi connectivity index (χ4v) is 1.18. The second-order valence-electron chi connectivity index (χ2n) is 3.38. The van der Waals surface area contributed by atoms with Crippen LogP contribution in [-0.2, 0) is 4.79 Å². The molecule has 6 heteroatoms. The Kier molecular flexibility index (Phi) is 4.09. The van der Waals surface area contributed by atoms with E-state index in [9.17, 15) is 22.4 Å². The van der Waals surface area contributed by atoms with Crippen molar-refractivity contribution in [3.63, 3.8) is 0 Å². The number of benzene rings is 1. The van der Waals surface area contributed by atoms with E-state index in [4.69, 9.17) is 0 Å². The topological polar surface area (TPSA) is 26.3 Å². The molecular formula is C11H10F4O2. The molecule has 0 N–H and O–H groups in total. The molecule has 0 heterocycles. The van der Waals surface area contributed by atoms with Crippen molar-refractivity contribution in [3.8, 4) is 5.75 Å². The van der Waals surface area contributed by atoms with Gasteiger partial charge in [0.05, 0.1) is 0 Å². The van der Waals surface area contributed by atoms with Gasteiger partial charge in [-0.05, 0) is 6.92 Å². The van der Waals surface area contributed by atoms with Gasteiger partial charge in [-0.15, -0.1) is 0 Å². The van der Waals surface area contributed by atoms with E-state index in [2.05, 4.69) is 4.74 Å². The van der Waals surface area contributed by atoms with Crippen LogP contribution in [0.1, 0.15) is 20.3 Å². The number of ketones is 1. The van der Waals surface area contributed by atoms with Gasteiger partial charge in [0.15, 0.2) is 29.3 Å². The third-order valence-electron chi connectivity index (χ3n) is 2.17. The average molecular weight is 250 g/mol. The number of ether oxygens (including phenoxy) is 1. The summed E-state index contributed by atoms with van der Waals surface area (Å²) in [6, 6.07) is 0.0732. The fourth-order valence-electron chi connectivity index (χ4n) is 1.18. The van der Waals surface area contributed by atoms with Crippen LogP contribution in [0.2, 0.25) is 0 Å². The molecule has 1 aromatic carbocycles. The molecule has 17 heavy (non-hydrogen) atoms. The van der Waals surface area contributed by atoms with E-state index in [1.807, 2.05) is 0 Å². The van der Waals surface area contributed by atoms with Crippen LogP contribution in [0.4, 0.5) is 17.6 Å². The summed E-state index contributed by atoms with van der Waals surface area (Å²) < 4.78 is 56.5. The summed E-state index contributed by atoms with van der Waals surface area (Å²) in [4.78, 5) is 11.2. The van der Waals surface area contributed by atoms with E-state index in [0.717, 1.165) is 0 Å². The van der Waals surface area contributed by atoms with Gasteiger partial charge in [0, 0.05) is 12.5 Å². The molecular weight excluding hydrogens is 240 g/mol. The molecule has 1 atom stereocenters. The van der Waals surface area contributed by atoms with Crippen LogP contribution < -0.4 is 4.74 Å². The highest BCUT2D eigenvalue weighted by molar-refractivity contribution is 5.82. The molecule has 0 spiro atoms. The summed E-state index contributed by atoms with van der Waals surface area (Å²) in [7, 11) is 0. The van der Waals surface area contributed by atoms with E-state index in [0.29, 0.717) is 0 Å². The van der Waals surface area contributed by atoms with Gasteiger partial charge >= 0.3 is 0 Å². The minimum absolute atomic E-state index is 0.0732. The Hall–Kier alpha value is -1.59. The molecule has 0 aromatic heterocycles. The van der Waals surface area contributed by atoms with Crippen LogP contribution in [0.15, 0.2) is 6.07 Å². The number of rotatable bonds is 4. The zero-order valence-electron chi connectivity index (χ0n) is 9.19. The van der Waals surface area contributed by atoms with Crippen LogP contribution in [0.25, 0.3) is 0 Å². The molecule has 1 rings (SSSR count). The highest BCUT2D eigenvalue weighted by Gasteiger charge is 2.24. The normalized spacial score (nSPS) is 12.4. The van der Waals surface area contributed by atoms with E-state index in [-0.39, 0.29) is 12.5 Å². The number of hydrogen-bond acceptors (Lipinski definition) is 2. The van der Waals surface area contributed by atoms with Gasteiger partial charge in [-0.1, -0.05) is 6.92 Å². The number of hydrogen-bond donors (Lipinski definition) is 0. The first-order valence-corrected chi connectivity index (χ1v) is 4.90. The van der Waals surface area contributed by atoms with Crippen molar-refractivity contribution in [1.29, 1.82) is 0 Å². The first kappa shape index (κ1) is 13.5. The number of carbonyl (C=O) groups excluding carboxylic acids is 1. The molecule has 0 aliphatic carbocycles. The summed E-state index contributed by atoms with van der Waals surface area (Å²) in [5, 5.41) is 0. The quantitative estimate of drug-likeness (QED) is 0.606. The molecule has 0 aliphatic heterocycles. The van der Waals surface area contributed by atoms with Gasteiger partial charge in [0.25, 0.3) is 0 Å². The minimum atomic E-state index is -1.65. The second-order valence-corrected chi connectivity index (χ2v) is 3.38. The smallest absolute Gasteiger partial charge is 0.203 e. The molecule has 2 nitrogen and oxygen atoms in total. The van der Waals surface area contributed by atoms with E-state index < -0.39 is 40.9 Å².